The summed E-state index contributed by atoms with van der Waals surface area (Å²) in [7, 11) is 0. The van der Waals surface area contributed by atoms with Crippen molar-refractivity contribution >= 4 is 42.1 Å². The molecule has 0 radical (unpaired) electrons. The van der Waals surface area contributed by atoms with Crippen LogP contribution in [0.3, 0.4) is 0 Å². The Balaban J connectivity index is 0.00000242. The van der Waals surface area contributed by atoms with Gasteiger partial charge in [-0.1, -0.05) is 37.3 Å². The molecule has 0 aliphatic carbocycles. The predicted octanol–water partition coefficient (Wildman–Crippen LogP) is 2.85. The molecule has 0 aliphatic rings. The van der Waals surface area contributed by atoms with Gasteiger partial charge >= 0.3 is 0 Å². The van der Waals surface area contributed by atoms with Gasteiger partial charge in [-0.3, -0.25) is 4.79 Å². The summed E-state index contributed by atoms with van der Waals surface area (Å²) in [6, 6.07) is 10.3. The maximum absolute atomic E-state index is 11.8. The van der Waals surface area contributed by atoms with Gasteiger partial charge in [0.2, 0.25) is 5.91 Å². The third-order valence-corrected chi connectivity index (χ3v) is 3.91. The van der Waals surface area contributed by atoms with E-state index >= 15 is 0 Å². The summed E-state index contributed by atoms with van der Waals surface area (Å²) in [5.41, 5.74) is 2.10. The second-order valence-corrected chi connectivity index (χ2v) is 5.72. The molecule has 1 aromatic heterocycles. The highest BCUT2D eigenvalue weighted by molar-refractivity contribution is 7.09. The Bertz CT molecular complexity index is 563. The van der Waals surface area contributed by atoms with Crippen LogP contribution >= 0.6 is 36.2 Å². The number of carbonyl (C=O) groups excluding carboxylic acids is 1. The van der Waals surface area contributed by atoms with E-state index in [4.69, 9.17) is 0 Å². The SMILES string of the molecule is CCNCCNC(=O)Cc1csc(Cc2ccccc2)n1.Cl.Cl. The number of nitrogens with zero attached hydrogens (tertiary/aromatic N) is 1. The molecule has 1 heterocycles. The molecule has 1 amide bonds. The zero-order chi connectivity index (χ0) is 14.9. The van der Waals surface area contributed by atoms with E-state index in [9.17, 15) is 4.79 Å². The number of amides is 1. The Morgan fingerprint density at radius 2 is 1.91 bits per heavy atom. The topological polar surface area (TPSA) is 54.0 Å². The van der Waals surface area contributed by atoms with Crippen LogP contribution < -0.4 is 10.6 Å². The van der Waals surface area contributed by atoms with Gasteiger partial charge in [-0.05, 0) is 12.1 Å². The zero-order valence-electron chi connectivity index (χ0n) is 13.1. The lowest BCUT2D eigenvalue weighted by molar-refractivity contribution is -0.120. The summed E-state index contributed by atoms with van der Waals surface area (Å²) in [6.07, 6.45) is 1.19. The quantitative estimate of drug-likeness (QED) is 0.697. The van der Waals surface area contributed by atoms with Crippen LogP contribution in [0.1, 0.15) is 23.2 Å². The average Bonchev–Trinajstić information content (AvgIpc) is 2.92. The third kappa shape index (κ3) is 8.32. The smallest absolute Gasteiger partial charge is 0.226 e. The molecule has 1 aromatic carbocycles. The first-order chi connectivity index (χ1) is 10.3. The number of hydrogen-bond acceptors (Lipinski definition) is 4. The molecule has 2 N–H and O–H groups in total. The number of benzene rings is 1. The van der Waals surface area contributed by atoms with Crippen molar-refractivity contribution in [1.29, 1.82) is 0 Å². The van der Waals surface area contributed by atoms with Gasteiger partial charge in [0.05, 0.1) is 17.1 Å². The number of thiazole rings is 1. The summed E-state index contributed by atoms with van der Waals surface area (Å²) < 4.78 is 0. The van der Waals surface area contributed by atoms with Crippen LogP contribution in [0.5, 0.6) is 0 Å². The van der Waals surface area contributed by atoms with Gasteiger partial charge in [-0.2, -0.15) is 0 Å². The lowest BCUT2D eigenvalue weighted by Crippen LogP contribution is -2.32. The molecule has 0 fully saturated rings. The molecular formula is C16H23Cl2N3OS. The first-order valence-corrected chi connectivity index (χ1v) is 8.10. The fourth-order valence-corrected chi connectivity index (χ4v) is 2.80. The van der Waals surface area contributed by atoms with E-state index in [0.717, 1.165) is 30.2 Å². The van der Waals surface area contributed by atoms with Crippen LogP contribution in [0.25, 0.3) is 0 Å². The second kappa shape index (κ2) is 12.3. The molecule has 0 spiro atoms. The van der Waals surface area contributed by atoms with E-state index in [-0.39, 0.29) is 30.7 Å². The fourth-order valence-electron chi connectivity index (χ4n) is 1.98. The lowest BCUT2D eigenvalue weighted by Gasteiger charge is -2.04. The van der Waals surface area contributed by atoms with Crippen molar-refractivity contribution in [2.24, 2.45) is 0 Å². The van der Waals surface area contributed by atoms with E-state index in [0.29, 0.717) is 13.0 Å². The van der Waals surface area contributed by atoms with Crippen molar-refractivity contribution < 1.29 is 4.79 Å². The van der Waals surface area contributed by atoms with Crippen molar-refractivity contribution in [2.45, 2.75) is 19.8 Å². The molecule has 0 unspecified atom stereocenters. The summed E-state index contributed by atoms with van der Waals surface area (Å²) in [5.74, 6) is 0.0319. The largest absolute Gasteiger partial charge is 0.354 e. The Morgan fingerprint density at radius 1 is 1.17 bits per heavy atom. The number of carbonyl (C=O) groups is 1. The molecule has 7 heteroatoms. The van der Waals surface area contributed by atoms with Crippen molar-refractivity contribution in [1.82, 2.24) is 15.6 Å². The van der Waals surface area contributed by atoms with Gasteiger partial charge in [0.15, 0.2) is 0 Å². The Labute approximate surface area is 153 Å². The standard InChI is InChI=1S/C16H21N3OS.2ClH/c1-2-17-8-9-18-15(20)11-14-12-21-16(19-14)10-13-6-4-3-5-7-13;;/h3-7,12,17H,2,8-11H2,1H3,(H,18,20);2*1H. The van der Waals surface area contributed by atoms with Crippen molar-refractivity contribution in [3.63, 3.8) is 0 Å². The minimum Gasteiger partial charge on any atom is -0.354 e. The minimum atomic E-state index is 0. The van der Waals surface area contributed by atoms with Gasteiger partial charge in [0, 0.05) is 24.9 Å². The van der Waals surface area contributed by atoms with Gasteiger partial charge in [-0.15, -0.1) is 36.2 Å². The molecule has 0 atom stereocenters. The molecule has 0 saturated carbocycles. The van der Waals surface area contributed by atoms with E-state index in [1.165, 1.54) is 5.56 Å². The third-order valence-electron chi connectivity index (χ3n) is 3.01. The maximum Gasteiger partial charge on any atom is 0.226 e. The number of aromatic nitrogens is 1. The molecule has 23 heavy (non-hydrogen) atoms. The number of nitrogens with one attached hydrogen (secondary N) is 2. The number of likely N-dealkylation sites (N-methyl/N-ethyl adjacent to an activating group) is 1. The van der Waals surface area contributed by atoms with E-state index in [2.05, 4.69) is 27.8 Å². The zero-order valence-corrected chi connectivity index (χ0v) is 15.5. The molecule has 2 rings (SSSR count). The molecule has 0 saturated heterocycles. The molecular weight excluding hydrogens is 353 g/mol. The Hall–Kier alpha value is -1.14. The summed E-state index contributed by atoms with van der Waals surface area (Å²) in [6.45, 7) is 4.43. The van der Waals surface area contributed by atoms with E-state index in [1.807, 2.05) is 30.5 Å². The fraction of sp³-hybridized carbons (Fsp3) is 0.375. The van der Waals surface area contributed by atoms with E-state index < -0.39 is 0 Å². The molecule has 4 nitrogen and oxygen atoms in total. The van der Waals surface area contributed by atoms with Crippen LogP contribution in [-0.2, 0) is 17.6 Å². The minimum absolute atomic E-state index is 0. The number of halogens is 2. The highest BCUT2D eigenvalue weighted by Crippen LogP contribution is 2.15. The maximum atomic E-state index is 11.8. The normalized spacial score (nSPS) is 9.61. The van der Waals surface area contributed by atoms with Crippen LogP contribution in [-0.4, -0.2) is 30.5 Å². The highest BCUT2D eigenvalue weighted by Gasteiger charge is 2.07. The lowest BCUT2D eigenvalue weighted by atomic mass is 10.2. The summed E-state index contributed by atoms with van der Waals surface area (Å²) in [5, 5.41) is 9.09. The monoisotopic (exact) mass is 375 g/mol. The summed E-state index contributed by atoms with van der Waals surface area (Å²) >= 11 is 1.61. The van der Waals surface area contributed by atoms with Crippen LogP contribution in [0.15, 0.2) is 35.7 Å². The molecule has 2 aromatic rings. The summed E-state index contributed by atoms with van der Waals surface area (Å²) in [4.78, 5) is 16.3. The van der Waals surface area contributed by atoms with Gasteiger partial charge in [-0.25, -0.2) is 4.98 Å². The molecule has 0 bridgehead atoms. The number of hydrogen-bond donors (Lipinski definition) is 2. The van der Waals surface area contributed by atoms with Crippen molar-refractivity contribution in [3.05, 3.63) is 52.0 Å². The van der Waals surface area contributed by atoms with Gasteiger partial charge in [0.1, 0.15) is 0 Å². The van der Waals surface area contributed by atoms with Crippen LogP contribution in [0.2, 0.25) is 0 Å². The first-order valence-electron chi connectivity index (χ1n) is 7.22. The molecule has 128 valence electrons. The highest BCUT2D eigenvalue weighted by atomic mass is 35.5. The first kappa shape index (κ1) is 21.9. The second-order valence-electron chi connectivity index (χ2n) is 4.78. The Kier molecular flexibility index (Phi) is 11.7. The predicted molar refractivity (Wildman–Crippen MR) is 101 cm³/mol. The van der Waals surface area contributed by atoms with Crippen LogP contribution in [0.4, 0.5) is 0 Å². The van der Waals surface area contributed by atoms with Gasteiger partial charge in [0.25, 0.3) is 0 Å². The van der Waals surface area contributed by atoms with E-state index in [1.54, 1.807) is 11.3 Å². The van der Waals surface area contributed by atoms with Crippen molar-refractivity contribution in [3.8, 4) is 0 Å². The molecule has 0 aliphatic heterocycles. The van der Waals surface area contributed by atoms with Gasteiger partial charge < -0.3 is 10.6 Å². The average molecular weight is 376 g/mol. The van der Waals surface area contributed by atoms with Crippen LogP contribution in [0, 0.1) is 0 Å². The number of rotatable bonds is 8. The van der Waals surface area contributed by atoms with Crippen molar-refractivity contribution in [2.75, 3.05) is 19.6 Å². The Morgan fingerprint density at radius 3 is 2.61 bits per heavy atom.